The maximum atomic E-state index is 12.5. The Morgan fingerprint density at radius 1 is 1.17 bits per heavy atom. The number of hydrogen-bond donors (Lipinski definition) is 1. The first-order valence-electron chi connectivity index (χ1n) is 7.10. The van der Waals surface area contributed by atoms with Gasteiger partial charge < -0.3 is 5.32 Å². The van der Waals surface area contributed by atoms with Crippen molar-refractivity contribution in [2.45, 2.75) is 13.8 Å². The molecule has 3 aromatic rings. The van der Waals surface area contributed by atoms with E-state index in [1.54, 1.807) is 29.2 Å². The van der Waals surface area contributed by atoms with Crippen LogP contribution in [0.4, 0.5) is 5.82 Å². The molecule has 0 saturated carbocycles. The van der Waals surface area contributed by atoms with Gasteiger partial charge in [-0.2, -0.15) is 5.10 Å². The molecular weight excluding hydrogens is 312 g/mol. The summed E-state index contributed by atoms with van der Waals surface area (Å²) < 4.78 is 1.70. The minimum atomic E-state index is -0.232. The van der Waals surface area contributed by atoms with E-state index in [4.69, 9.17) is 11.6 Å². The van der Waals surface area contributed by atoms with Gasteiger partial charge in [0.25, 0.3) is 5.91 Å². The lowest BCUT2D eigenvalue weighted by Gasteiger charge is -2.07. The summed E-state index contributed by atoms with van der Waals surface area (Å²) in [4.78, 5) is 16.6. The average molecular weight is 327 g/mol. The van der Waals surface area contributed by atoms with Crippen molar-refractivity contribution in [2.75, 3.05) is 5.32 Å². The number of nitrogens with zero attached hydrogens (tertiary/aromatic N) is 3. The summed E-state index contributed by atoms with van der Waals surface area (Å²) in [6.07, 6.45) is 3.20. The Morgan fingerprint density at radius 3 is 2.61 bits per heavy atom. The van der Waals surface area contributed by atoms with E-state index in [1.165, 1.54) is 0 Å². The highest BCUT2D eigenvalue weighted by atomic mass is 35.5. The van der Waals surface area contributed by atoms with Gasteiger partial charge in [0, 0.05) is 11.2 Å². The number of carbonyl (C=O) groups is 1. The molecule has 0 aliphatic rings. The monoisotopic (exact) mass is 326 g/mol. The molecule has 0 saturated heterocycles. The minimum absolute atomic E-state index is 0.232. The number of rotatable bonds is 3. The number of halogens is 1. The second-order valence-corrected chi connectivity index (χ2v) is 5.59. The molecule has 0 unspecified atom stereocenters. The lowest BCUT2D eigenvalue weighted by molar-refractivity contribution is 0.102. The van der Waals surface area contributed by atoms with E-state index >= 15 is 0 Å². The van der Waals surface area contributed by atoms with Crippen molar-refractivity contribution in [2.24, 2.45) is 0 Å². The number of anilines is 1. The summed E-state index contributed by atoms with van der Waals surface area (Å²) in [6.45, 7) is 3.74. The predicted octanol–water partition coefficient (Wildman–Crippen LogP) is 3.79. The van der Waals surface area contributed by atoms with E-state index in [0.717, 1.165) is 16.9 Å². The maximum Gasteiger partial charge on any atom is 0.260 e. The van der Waals surface area contributed by atoms with Gasteiger partial charge in [0.15, 0.2) is 0 Å². The Balaban J connectivity index is 1.88. The number of amides is 1. The third-order valence-corrected chi connectivity index (χ3v) is 3.82. The minimum Gasteiger partial charge on any atom is -0.306 e. The highest BCUT2D eigenvalue weighted by Gasteiger charge is 2.16. The molecular formula is C17H15ClN4O. The van der Waals surface area contributed by atoms with E-state index in [2.05, 4.69) is 15.4 Å². The van der Waals surface area contributed by atoms with Crippen LogP contribution in [0.3, 0.4) is 0 Å². The Hall–Kier alpha value is -2.66. The molecule has 1 aromatic carbocycles. The van der Waals surface area contributed by atoms with E-state index in [0.29, 0.717) is 16.4 Å². The highest BCUT2D eigenvalue weighted by molar-refractivity contribution is 6.30. The fourth-order valence-corrected chi connectivity index (χ4v) is 2.39. The molecule has 2 heterocycles. The van der Waals surface area contributed by atoms with Crippen LogP contribution in [0.1, 0.15) is 21.6 Å². The number of aryl methyl sites for hydroxylation is 1. The van der Waals surface area contributed by atoms with Gasteiger partial charge in [0.1, 0.15) is 5.82 Å². The molecule has 5 nitrogen and oxygen atoms in total. The average Bonchev–Trinajstić information content (AvgIpc) is 2.92. The molecule has 116 valence electrons. The Morgan fingerprint density at radius 2 is 1.91 bits per heavy atom. The number of benzene rings is 1. The molecule has 2 aromatic heterocycles. The first kappa shape index (κ1) is 15.2. The third-order valence-electron chi connectivity index (χ3n) is 3.57. The summed E-state index contributed by atoms with van der Waals surface area (Å²) in [5, 5.41) is 7.76. The van der Waals surface area contributed by atoms with Gasteiger partial charge in [0.2, 0.25) is 0 Å². The highest BCUT2D eigenvalue weighted by Crippen LogP contribution is 2.18. The van der Waals surface area contributed by atoms with Crippen molar-refractivity contribution in [3.05, 3.63) is 70.6 Å². The number of carbonyl (C=O) groups excluding carboxylic acids is 1. The Labute approximate surface area is 138 Å². The van der Waals surface area contributed by atoms with Crippen LogP contribution in [0.5, 0.6) is 0 Å². The molecule has 0 atom stereocenters. The van der Waals surface area contributed by atoms with E-state index in [1.807, 2.05) is 38.1 Å². The van der Waals surface area contributed by atoms with Gasteiger partial charge in [-0.25, -0.2) is 9.67 Å². The molecule has 0 bridgehead atoms. The molecule has 6 heteroatoms. The normalized spacial score (nSPS) is 10.6. The molecule has 0 fully saturated rings. The van der Waals surface area contributed by atoms with Crippen molar-refractivity contribution in [1.29, 1.82) is 0 Å². The van der Waals surface area contributed by atoms with Crippen molar-refractivity contribution in [1.82, 2.24) is 14.8 Å². The molecule has 1 amide bonds. The zero-order valence-corrected chi connectivity index (χ0v) is 13.5. The van der Waals surface area contributed by atoms with E-state index in [9.17, 15) is 4.79 Å². The van der Waals surface area contributed by atoms with Gasteiger partial charge in [0.05, 0.1) is 23.1 Å². The van der Waals surface area contributed by atoms with Gasteiger partial charge in [-0.05, 0) is 49.7 Å². The molecule has 1 N–H and O–H groups in total. The van der Waals surface area contributed by atoms with Crippen LogP contribution >= 0.6 is 11.6 Å². The zero-order valence-electron chi connectivity index (χ0n) is 12.7. The van der Waals surface area contributed by atoms with Crippen LogP contribution in [0.25, 0.3) is 5.69 Å². The van der Waals surface area contributed by atoms with Crippen LogP contribution in [0, 0.1) is 13.8 Å². The van der Waals surface area contributed by atoms with Crippen LogP contribution in [0.15, 0.2) is 48.8 Å². The van der Waals surface area contributed by atoms with Crippen molar-refractivity contribution in [3.8, 4) is 5.69 Å². The second-order valence-electron chi connectivity index (χ2n) is 5.15. The number of nitrogens with one attached hydrogen (secondary N) is 1. The molecule has 0 aliphatic carbocycles. The molecule has 23 heavy (non-hydrogen) atoms. The first-order valence-corrected chi connectivity index (χ1v) is 7.47. The second kappa shape index (κ2) is 6.22. The SMILES string of the molecule is Cc1cccnc1NC(=O)c1cnn(-c2ccc(Cl)cc2)c1C. The molecule has 0 spiro atoms. The largest absolute Gasteiger partial charge is 0.306 e. The van der Waals surface area contributed by atoms with Gasteiger partial charge in [-0.1, -0.05) is 17.7 Å². The Kier molecular flexibility index (Phi) is 4.12. The van der Waals surface area contributed by atoms with Crippen LogP contribution in [0.2, 0.25) is 5.02 Å². The number of pyridine rings is 1. The fourth-order valence-electron chi connectivity index (χ4n) is 2.27. The quantitative estimate of drug-likeness (QED) is 0.796. The summed E-state index contributed by atoms with van der Waals surface area (Å²) in [5.74, 6) is 0.320. The fraction of sp³-hybridized carbons (Fsp3) is 0.118. The standard InChI is InChI=1S/C17H15ClN4O/c1-11-4-3-9-19-16(11)21-17(23)15-10-20-22(12(15)2)14-7-5-13(18)6-8-14/h3-10H,1-2H3,(H,19,21,23). The first-order chi connectivity index (χ1) is 11.1. The summed E-state index contributed by atoms with van der Waals surface area (Å²) >= 11 is 5.90. The van der Waals surface area contributed by atoms with Crippen LogP contribution < -0.4 is 5.32 Å². The predicted molar refractivity (Wildman–Crippen MR) is 90.2 cm³/mol. The molecule has 0 aliphatic heterocycles. The van der Waals surface area contributed by atoms with E-state index in [-0.39, 0.29) is 5.91 Å². The molecule has 0 radical (unpaired) electrons. The Bertz CT molecular complexity index is 855. The van der Waals surface area contributed by atoms with Gasteiger partial charge >= 0.3 is 0 Å². The van der Waals surface area contributed by atoms with Crippen molar-refractivity contribution in [3.63, 3.8) is 0 Å². The summed E-state index contributed by atoms with van der Waals surface area (Å²) in [6, 6.07) is 11.0. The lowest BCUT2D eigenvalue weighted by atomic mass is 10.2. The van der Waals surface area contributed by atoms with Gasteiger partial charge in [-0.15, -0.1) is 0 Å². The summed E-state index contributed by atoms with van der Waals surface area (Å²) in [5.41, 5.74) is 3.01. The third kappa shape index (κ3) is 3.10. The number of hydrogen-bond acceptors (Lipinski definition) is 3. The maximum absolute atomic E-state index is 12.5. The van der Waals surface area contributed by atoms with Crippen LogP contribution in [-0.4, -0.2) is 20.7 Å². The van der Waals surface area contributed by atoms with Gasteiger partial charge in [-0.3, -0.25) is 4.79 Å². The van der Waals surface area contributed by atoms with Crippen LogP contribution in [-0.2, 0) is 0 Å². The summed E-state index contributed by atoms with van der Waals surface area (Å²) in [7, 11) is 0. The smallest absolute Gasteiger partial charge is 0.260 e. The lowest BCUT2D eigenvalue weighted by Crippen LogP contribution is -2.14. The topological polar surface area (TPSA) is 59.8 Å². The van der Waals surface area contributed by atoms with Crippen molar-refractivity contribution >= 4 is 23.3 Å². The zero-order chi connectivity index (χ0) is 16.4. The van der Waals surface area contributed by atoms with Crippen molar-refractivity contribution < 1.29 is 4.79 Å². The molecule has 3 rings (SSSR count). The number of aromatic nitrogens is 3. The van der Waals surface area contributed by atoms with E-state index < -0.39 is 0 Å².